The number of anilines is 1. The number of aromatic nitrogens is 1. The van der Waals surface area contributed by atoms with Gasteiger partial charge in [-0.15, -0.1) is 0 Å². The molecule has 1 saturated heterocycles. The number of benzene rings is 1. The van der Waals surface area contributed by atoms with Crippen LogP contribution in [0.1, 0.15) is 36.0 Å². The van der Waals surface area contributed by atoms with Crippen LogP contribution < -0.4 is 10.6 Å². The van der Waals surface area contributed by atoms with Gasteiger partial charge < -0.3 is 15.5 Å². The number of piperidine rings is 1. The number of Topliss-reactive ketones (excluding diaryl/α,β-unsaturated/α-hetero) is 1. The lowest BCUT2D eigenvalue weighted by Gasteiger charge is -2.28. The van der Waals surface area contributed by atoms with Crippen LogP contribution in [0.5, 0.6) is 0 Å². The molecule has 2 heterocycles. The third kappa shape index (κ3) is 8.16. The highest BCUT2D eigenvalue weighted by atomic mass is 32.2. The maximum atomic E-state index is 13.0. The number of amides is 3. The number of ketones is 1. The first kappa shape index (κ1) is 24.7. The van der Waals surface area contributed by atoms with Gasteiger partial charge in [-0.25, -0.2) is 9.18 Å². The molecule has 0 bridgehead atoms. The molecule has 1 aliphatic heterocycles. The molecule has 1 unspecified atom stereocenters. The van der Waals surface area contributed by atoms with Gasteiger partial charge in [-0.3, -0.25) is 14.6 Å². The number of pyridine rings is 1. The molecule has 0 saturated carbocycles. The van der Waals surface area contributed by atoms with E-state index in [0.29, 0.717) is 29.3 Å². The Labute approximate surface area is 197 Å². The normalized spacial score (nSPS) is 14.4. The summed E-state index contributed by atoms with van der Waals surface area (Å²) in [4.78, 5) is 43.7. The molecule has 0 spiro atoms. The van der Waals surface area contributed by atoms with Crippen molar-refractivity contribution in [1.82, 2.24) is 15.2 Å². The quantitative estimate of drug-likeness (QED) is 0.403. The number of likely N-dealkylation sites (tertiary alicyclic amines) is 1. The van der Waals surface area contributed by atoms with Gasteiger partial charge in [0.1, 0.15) is 5.82 Å². The van der Waals surface area contributed by atoms with E-state index in [9.17, 15) is 18.8 Å². The second-order valence-electron chi connectivity index (χ2n) is 7.91. The molecule has 1 fully saturated rings. The standard InChI is InChI=1S/C24H29FN4O3S/c25-20-6-8-21(9-7-20)28-24(32)27-11-14-33-17-19(23(31)18-5-4-10-26-16-18)15-22(30)29-12-2-1-3-13-29/h4-10,16,19H,1-3,11-15,17H2,(H2,27,28,32). The summed E-state index contributed by atoms with van der Waals surface area (Å²) in [6, 6.07) is 8.57. The van der Waals surface area contributed by atoms with E-state index in [2.05, 4.69) is 15.6 Å². The Kier molecular flexibility index (Phi) is 9.68. The lowest BCUT2D eigenvalue weighted by atomic mass is 9.96. The summed E-state index contributed by atoms with van der Waals surface area (Å²) in [6.07, 6.45) is 6.48. The summed E-state index contributed by atoms with van der Waals surface area (Å²) in [5, 5.41) is 5.37. The van der Waals surface area contributed by atoms with Gasteiger partial charge in [-0.2, -0.15) is 11.8 Å². The zero-order valence-corrected chi connectivity index (χ0v) is 19.3. The minimum Gasteiger partial charge on any atom is -0.343 e. The number of carbonyl (C=O) groups excluding carboxylic acids is 3. The van der Waals surface area contributed by atoms with Crippen LogP contribution in [0.25, 0.3) is 0 Å². The molecule has 1 atom stereocenters. The molecule has 1 aliphatic rings. The van der Waals surface area contributed by atoms with E-state index < -0.39 is 5.92 Å². The maximum absolute atomic E-state index is 13.0. The largest absolute Gasteiger partial charge is 0.343 e. The molecule has 1 aromatic heterocycles. The second kappa shape index (κ2) is 12.9. The predicted octanol–water partition coefficient (Wildman–Crippen LogP) is 3.98. The molecule has 1 aromatic carbocycles. The first-order valence-electron chi connectivity index (χ1n) is 11.1. The summed E-state index contributed by atoms with van der Waals surface area (Å²) >= 11 is 1.52. The van der Waals surface area contributed by atoms with Crippen molar-refractivity contribution in [2.45, 2.75) is 25.7 Å². The minimum atomic E-state index is -0.443. The number of halogens is 1. The third-order valence-corrected chi connectivity index (χ3v) is 6.53. The summed E-state index contributed by atoms with van der Waals surface area (Å²) in [5.41, 5.74) is 1.01. The van der Waals surface area contributed by atoms with Crippen LogP contribution in [0.15, 0.2) is 48.8 Å². The number of hydrogen-bond acceptors (Lipinski definition) is 5. The van der Waals surface area contributed by atoms with E-state index in [1.54, 1.807) is 18.3 Å². The van der Waals surface area contributed by atoms with E-state index in [4.69, 9.17) is 0 Å². The summed E-state index contributed by atoms with van der Waals surface area (Å²) in [5.74, 6) is 0.200. The van der Waals surface area contributed by atoms with Crippen molar-refractivity contribution in [1.29, 1.82) is 0 Å². The number of hydrogen-bond donors (Lipinski definition) is 2. The Morgan fingerprint density at radius 1 is 1.09 bits per heavy atom. The van der Waals surface area contributed by atoms with Crippen molar-refractivity contribution >= 4 is 35.2 Å². The predicted molar refractivity (Wildman–Crippen MR) is 128 cm³/mol. The van der Waals surface area contributed by atoms with Crippen LogP contribution in [0, 0.1) is 11.7 Å². The van der Waals surface area contributed by atoms with Crippen molar-refractivity contribution in [2.75, 3.05) is 36.5 Å². The molecule has 176 valence electrons. The van der Waals surface area contributed by atoms with Crippen LogP contribution in [-0.2, 0) is 4.79 Å². The monoisotopic (exact) mass is 472 g/mol. The summed E-state index contributed by atoms with van der Waals surface area (Å²) < 4.78 is 12.9. The molecule has 3 rings (SSSR count). The van der Waals surface area contributed by atoms with E-state index in [0.717, 1.165) is 32.4 Å². The summed E-state index contributed by atoms with van der Waals surface area (Å²) in [6.45, 7) is 1.91. The molecule has 2 aromatic rings. The van der Waals surface area contributed by atoms with Crippen molar-refractivity contribution < 1.29 is 18.8 Å². The molecular weight excluding hydrogens is 443 g/mol. The SMILES string of the molecule is O=C(NCCSCC(CC(=O)N1CCCCC1)C(=O)c1cccnc1)Nc1ccc(F)cc1. The zero-order chi connectivity index (χ0) is 23.5. The topological polar surface area (TPSA) is 91.4 Å². The first-order chi connectivity index (χ1) is 16.0. The number of nitrogens with zero attached hydrogens (tertiary/aromatic N) is 2. The van der Waals surface area contributed by atoms with Crippen molar-refractivity contribution in [3.63, 3.8) is 0 Å². The average Bonchev–Trinajstić information content (AvgIpc) is 2.85. The van der Waals surface area contributed by atoms with E-state index in [1.807, 2.05) is 4.90 Å². The minimum absolute atomic E-state index is 0.0225. The third-order valence-electron chi connectivity index (χ3n) is 5.40. The van der Waals surface area contributed by atoms with E-state index >= 15 is 0 Å². The Balaban J connectivity index is 1.47. The second-order valence-corrected chi connectivity index (χ2v) is 9.06. The molecule has 0 aliphatic carbocycles. The first-order valence-corrected chi connectivity index (χ1v) is 12.3. The zero-order valence-electron chi connectivity index (χ0n) is 18.5. The van der Waals surface area contributed by atoms with Crippen LogP contribution in [-0.4, -0.2) is 58.7 Å². The van der Waals surface area contributed by atoms with Gasteiger partial charge in [0.25, 0.3) is 0 Å². The van der Waals surface area contributed by atoms with Crippen molar-refractivity contribution in [2.24, 2.45) is 5.92 Å². The fourth-order valence-electron chi connectivity index (χ4n) is 3.63. The molecule has 33 heavy (non-hydrogen) atoms. The van der Waals surface area contributed by atoms with Crippen LogP contribution in [0.4, 0.5) is 14.9 Å². The van der Waals surface area contributed by atoms with Gasteiger partial charge in [0, 0.05) is 67.1 Å². The van der Waals surface area contributed by atoms with Gasteiger partial charge >= 0.3 is 6.03 Å². The van der Waals surface area contributed by atoms with Gasteiger partial charge in [-0.05, 0) is 55.7 Å². The molecular formula is C24H29FN4O3S. The number of nitrogens with one attached hydrogen (secondary N) is 2. The number of thioether (sulfide) groups is 1. The number of carbonyl (C=O) groups is 3. The van der Waals surface area contributed by atoms with Gasteiger partial charge in [-0.1, -0.05) is 0 Å². The molecule has 3 amide bonds. The number of rotatable bonds is 10. The van der Waals surface area contributed by atoms with Gasteiger partial charge in [0.05, 0.1) is 0 Å². The molecule has 2 N–H and O–H groups in total. The highest BCUT2D eigenvalue weighted by Gasteiger charge is 2.26. The van der Waals surface area contributed by atoms with Crippen LogP contribution in [0.2, 0.25) is 0 Å². The Morgan fingerprint density at radius 3 is 2.55 bits per heavy atom. The lowest BCUT2D eigenvalue weighted by Crippen LogP contribution is -2.38. The van der Waals surface area contributed by atoms with Crippen molar-refractivity contribution in [3.8, 4) is 0 Å². The van der Waals surface area contributed by atoms with Gasteiger partial charge in [0.2, 0.25) is 5.91 Å². The molecule has 7 nitrogen and oxygen atoms in total. The highest BCUT2D eigenvalue weighted by molar-refractivity contribution is 7.99. The lowest BCUT2D eigenvalue weighted by molar-refractivity contribution is -0.132. The molecule has 9 heteroatoms. The summed E-state index contributed by atoms with van der Waals surface area (Å²) in [7, 11) is 0. The Morgan fingerprint density at radius 2 is 1.85 bits per heavy atom. The average molecular weight is 473 g/mol. The van der Waals surface area contributed by atoms with Crippen LogP contribution >= 0.6 is 11.8 Å². The Hall–Kier alpha value is -2.94. The smallest absolute Gasteiger partial charge is 0.319 e. The van der Waals surface area contributed by atoms with Gasteiger partial charge in [0.15, 0.2) is 5.78 Å². The van der Waals surface area contributed by atoms with E-state index in [1.165, 1.54) is 42.2 Å². The highest BCUT2D eigenvalue weighted by Crippen LogP contribution is 2.20. The van der Waals surface area contributed by atoms with Crippen LogP contribution in [0.3, 0.4) is 0 Å². The Bertz CT molecular complexity index is 921. The fourth-order valence-corrected chi connectivity index (χ4v) is 4.59. The van der Waals surface area contributed by atoms with Crippen molar-refractivity contribution in [3.05, 3.63) is 60.2 Å². The fraction of sp³-hybridized carbons (Fsp3) is 0.417. The maximum Gasteiger partial charge on any atom is 0.319 e. The van der Waals surface area contributed by atoms with E-state index in [-0.39, 0.29) is 30.0 Å². The number of urea groups is 1. The molecule has 0 radical (unpaired) electrons.